The van der Waals surface area contributed by atoms with Gasteiger partial charge in [-0.25, -0.2) is 0 Å². The van der Waals surface area contributed by atoms with Gasteiger partial charge in [-0.05, 0) is 45.9 Å². The van der Waals surface area contributed by atoms with Gasteiger partial charge in [0.25, 0.3) is 5.91 Å². The SMILES string of the molecule is CC1Oc2ccc(NC(=O)CNC(C)(C)C)cc2NC1=O. The number of amides is 2. The van der Waals surface area contributed by atoms with Gasteiger partial charge in [-0.2, -0.15) is 0 Å². The molecule has 1 aliphatic heterocycles. The predicted molar refractivity (Wildman–Crippen MR) is 81.5 cm³/mol. The van der Waals surface area contributed by atoms with Crippen molar-refractivity contribution in [2.24, 2.45) is 0 Å². The number of carbonyl (C=O) groups excluding carboxylic acids is 2. The quantitative estimate of drug-likeness (QED) is 0.792. The van der Waals surface area contributed by atoms with E-state index in [9.17, 15) is 9.59 Å². The van der Waals surface area contributed by atoms with Crippen LogP contribution in [0.2, 0.25) is 0 Å². The summed E-state index contributed by atoms with van der Waals surface area (Å²) < 4.78 is 5.46. The van der Waals surface area contributed by atoms with Crippen molar-refractivity contribution in [3.8, 4) is 5.75 Å². The van der Waals surface area contributed by atoms with Crippen LogP contribution in [0.15, 0.2) is 18.2 Å². The number of anilines is 2. The van der Waals surface area contributed by atoms with E-state index in [0.29, 0.717) is 17.1 Å². The number of benzene rings is 1. The summed E-state index contributed by atoms with van der Waals surface area (Å²) in [7, 11) is 0. The van der Waals surface area contributed by atoms with E-state index in [1.807, 2.05) is 20.8 Å². The molecule has 1 unspecified atom stereocenters. The number of fused-ring (bicyclic) bond motifs is 1. The third-order valence-corrected chi connectivity index (χ3v) is 2.97. The monoisotopic (exact) mass is 291 g/mol. The van der Waals surface area contributed by atoms with Crippen LogP contribution in [0.4, 0.5) is 11.4 Å². The molecule has 3 N–H and O–H groups in total. The summed E-state index contributed by atoms with van der Waals surface area (Å²) in [6, 6.07) is 5.17. The van der Waals surface area contributed by atoms with Crippen LogP contribution in [-0.4, -0.2) is 30.0 Å². The Hall–Kier alpha value is -2.08. The molecule has 1 aromatic carbocycles. The first-order chi connectivity index (χ1) is 9.74. The highest BCUT2D eigenvalue weighted by molar-refractivity contribution is 5.99. The Morgan fingerprint density at radius 3 is 2.76 bits per heavy atom. The molecule has 0 saturated carbocycles. The number of carbonyl (C=O) groups is 2. The van der Waals surface area contributed by atoms with Crippen LogP contribution in [-0.2, 0) is 9.59 Å². The maximum absolute atomic E-state index is 11.9. The first-order valence-corrected chi connectivity index (χ1v) is 6.91. The summed E-state index contributed by atoms with van der Waals surface area (Å²) in [4.78, 5) is 23.4. The van der Waals surface area contributed by atoms with Crippen molar-refractivity contribution in [1.29, 1.82) is 0 Å². The zero-order valence-corrected chi connectivity index (χ0v) is 12.7. The molecule has 0 radical (unpaired) electrons. The highest BCUT2D eigenvalue weighted by atomic mass is 16.5. The first kappa shape index (κ1) is 15.3. The lowest BCUT2D eigenvalue weighted by molar-refractivity contribution is -0.122. The van der Waals surface area contributed by atoms with Crippen molar-refractivity contribution in [3.05, 3.63) is 18.2 Å². The minimum Gasteiger partial charge on any atom is -0.479 e. The van der Waals surface area contributed by atoms with Gasteiger partial charge in [-0.3, -0.25) is 9.59 Å². The fourth-order valence-corrected chi connectivity index (χ4v) is 1.84. The summed E-state index contributed by atoms with van der Waals surface area (Å²) in [6.07, 6.45) is -0.506. The van der Waals surface area contributed by atoms with Crippen molar-refractivity contribution in [2.45, 2.75) is 39.3 Å². The van der Waals surface area contributed by atoms with E-state index < -0.39 is 6.10 Å². The molecule has 21 heavy (non-hydrogen) atoms. The standard InChI is InChI=1S/C15H21N3O3/c1-9-14(20)18-11-7-10(5-6-12(11)21-9)17-13(19)8-16-15(2,3)4/h5-7,9,16H,8H2,1-4H3,(H,17,19)(H,18,20). The Bertz CT molecular complexity index is 564. The van der Waals surface area contributed by atoms with Gasteiger partial charge >= 0.3 is 0 Å². The second-order valence-electron chi connectivity index (χ2n) is 6.11. The molecular formula is C15H21N3O3. The molecule has 1 heterocycles. The fourth-order valence-electron chi connectivity index (χ4n) is 1.84. The van der Waals surface area contributed by atoms with Crippen molar-refractivity contribution >= 4 is 23.2 Å². The number of hydrogen-bond acceptors (Lipinski definition) is 4. The molecule has 0 aromatic heterocycles. The number of rotatable bonds is 3. The van der Waals surface area contributed by atoms with Crippen LogP contribution in [0.5, 0.6) is 5.75 Å². The Kier molecular flexibility index (Phi) is 4.18. The summed E-state index contributed by atoms with van der Waals surface area (Å²) in [5, 5.41) is 8.64. The lowest BCUT2D eigenvalue weighted by atomic mass is 10.1. The van der Waals surface area contributed by atoms with Crippen molar-refractivity contribution < 1.29 is 14.3 Å². The zero-order valence-electron chi connectivity index (χ0n) is 12.7. The molecule has 0 aliphatic carbocycles. The van der Waals surface area contributed by atoms with Gasteiger partial charge in [0.2, 0.25) is 5.91 Å². The minimum atomic E-state index is -0.506. The molecule has 2 rings (SSSR count). The highest BCUT2D eigenvalue weighted by Gasteiger charge is 2.23. The van der Waals surface area contributed by atoms with Crippen LogP contribution in [0, 0.1) is 0 Å². The third-order valence-electron chi connectivity index (χ3n) is 2.97. The van der Waals surface area contributed by atoms with E-state index in [0.717, 1.165) is 0 Å². The van der Waals surface area contributed by atoms with Crippen LogP contribution in [0.1, 0.15) is 27.7 Å². The van der Waals surface area contributed by atoms with Gasteiger partial charge in [0.15, 0.2) is 6.10 Å². The van der Waals surface area contributed by atoms with E-state index in [2.05, 4.69) is 16.0 Å². The van der Waals surface area contributed by atoms with Crippen LogP contribution >= 0.6 is 0 Å². The second-order valence-corrected chi connectivity index (χ2v) is 6.11. The summed E-state index contributed by atoms with van der Waals surface area (Å²) >= 11 is 0. The van der Waals surface area contributed by atoms with E-state index >= 15 is 0 Å². The average molecular weight is 291 g/mol. The molecule has 1 aromatic rings. The third kappa shape index (κ3) is 4.19. The lowest BCUT2D eigenvalue weighted by Gasteiger charge is -2.24. The van der Waals surface area contributed by atoms with Gasteiger partial charge in [-0.15, -0.1) is 0 Å². The Labute approximate surface area is 124 Å². The topological polar surface area (TPSA) is 79.5 Å². The molecule has 0 bridgehead atoms. The van der Waals surface area contributed by atoms with Crippen LogP contribution in [0.3, 0.4) is 0 Å². The molecule has 2 amide bonds. The molecule has 1 aliphatic rings. The van der Waals surface area contributed by atoms with E-state index in [-0.39, 0.29) is 23.9 Å². The largest absolute Gasteiger partial charge is 0.479 e. The molecule has 6 heteroatoms. The van der Waals surface area contributed by atoms with Gasteiger partial charge in [0.1, 0.15) is 5.75 Å². The van der Waals surface area contributed by atoms with Gasteiger partial charge in [-0.1, -0.05) is 0 Å². The molecule has 0 spiro atoms. The summed E-state index contributed by atoms with van der Waals surface area (Å²) in [6.45, 7) is 7.89. The smallest absolute Gasteiger partial charge is 0.265 e. The maximum atomic E-state index is 11.9. The van der Waals surface area contributed by atoms with Crippen molar-refractivity contribution in [1.82, 2.24) is 5.32 Å². The molecule has 0 fully saturated rings. The molecule has 6 nitrogen and oxygen atoms in total. The minimum absolute atomic E-state index is 0.120. The average Bonchev–Trinajstić information content (AvgIpc) is 2.37. The van der Waals surface area contributed by atoms with Gasteiger partial charge in [0, 0.05) is 11.2 Å². The van der Waals surface area contributed by atoms with Crippen LogP contribution in [0.25, 0.3) is 0 Å². The summed E-state index contributed by atoms with van der Waals surface area (Å²) in [5.74, 6) is 0.273. The van der Waals surface area contributed by atoms with Gasteiger partial charge < -0.3 is 20.7 Å². The van der Waals surface area contributed by atoms with Crippen molar-refractivity contribution in [2.75, 3.05) is 17.2 Å². The lowest BCUT2D eigenvalue weighted by Crippen LogP contribution is -2.41. The van der Waals surface area contributed by atoms with E-state index in [1.165, 1.54) is 0 Å². The van der Waals surface area contributed by atoms with E-state index in [1.54, 1.807) is 25.1 Å². The fraction of sp³-hybridized carbons (Fsp3) is 0.467. The Morgan fingerprint density at radius 1 is 1.38 bits per heavy atom. The molecular weight excluding hydrogens is 270 g/mol. The predicted octanol–water partition coefficient (Wildman–Crippen LogP) is 1.73. The van der Waals surface area contributed by atoms with Gasteiger partial charge in [0.05, 0.1) is 12.2 Å². The van der Waals surface area contributed by atoms with Crippen LogP contribution < -0.4 is 20.7 Å². The van der Waals surface area contributed by atoms with E-state index in [4.69, 9.17) is 4.74 Å². The maximum Gasteiger partial charge on any atom is 0.265 e. The normalized spacial score (nSPS) is 17.5. The number of nitrogens with one attached hydrogen (secondary N) is 3. The van der Waals surface area contributed by atoms with Crippen molar-refractivity contribution in [3.63, 3.8) is 0 Å². The highest BCUT2D eigenvalue weighted by Crippen LogP contribution is 2.32. The summed E-state index contributed by atoms with van der Waals surface area (Å²) in [5.41, 5.74) is 1.07. The zero-order chi connectivity index (χ0) is 15.6. The molecule has 1 atom stereocenters. The molecule has 114 valence electrons. The Balaban J connectivity index is 2.01. The second kappa shape index (κ2) is 5.73. The first-order valence-electron chi connectivity index (χ1n) is 6.91. The number of hydrogen-bond donors (Lipinski definition) is 3. The Morgan fingerprint density at radius 2 is 2.10 bits per heavy atom. The number of ether oxygens (including phenoxy) is 1. The molecule has 0 saturated heterocycles.